The van der Waals surface area contributed by atoms with Gasteiger partial charge >= 0.3 is 12.1 Å². The van der Waals surface area contributed by atoms with Crippen molar-refractivity contribution in [3.63, 3.8) is 0 Å². The number of aromatic hydroxyl groups is 1. The lowest BCUT2D eigenvalue weighted by molar-refractivity contribution is 0.0574. The van der Waals surface area contributed by atoms with Crippen molar-refractivity contribution >= 4 is 28.7 Å². The molecule has 0 radical (unpaired) electrons. The van der Waals surface area contributed by atoms with Crippen LogP contribution in [0.2, 0.25) is 0 Å². The van der Waals surface area contributed by atoms with Crippen LogP contribution in [-0.2, 0) is 36.1 Å². The number of esters is 1. The number of ether oxygens (including phenoxy) is 4. The highest BCUT2D eigenvalue weighted by Gasteiger charge is 2.35. The smallest absolute Gasteiger partial charge is 0.414 e. The summed E-state index contributed by atoms with van der Waals surface area (Å²) in [5.41, 5.74) is 1.36. The van der Waals surface area contributed by atoms with Gasteiger partial charge < -0.3 is 38.3 Å². The zero-order valence-electron chi connectivity index (χ0n) is 26.4. The number of carbonyl (C=O) groups excluding carboxylic acids is 2. The number of methoxy groups -OCH3 is 3. The minimum absolute atomic E-state index is 0.0563. The van der Waals surface area contributed by atoms with Crippen molar-refractivity contribution in [2.45, 2.75) is 45.9 Å². The maximum Gasteiger partial charge on any atom is 0.414 e. The molecule has 0 saturated heterocycles. The summed E-state index contributed by atoms with van der Waals surface area (Å²) in [7, 11) is 5.97. The topological polar surface area (TPSA) is 142 Å². The highest BCUT2D eigenvalue weighted by Crippen LogP contribution is 2.43. The molecule has 2 aromatic heterocycles. The number of anilines is 1. The van der Waals surface area contributed by atoms with Gasteiger partial charge in [0.25, 0.3) is 5.56 Å². The molecule has 2 aromatic carbocycles. The van der Waals surface area contributed by atoms with E-state index in [1.54, 1.807) is 45.0 Å². The van der Waals surface area contributed by atoms with Crippen LogP contribution in [-0.4, -0.2) is 64.9 Å². The second-order valence-electron chi connectivity index (χ2n) is 11.8. The molecule has 0 fully saturated rings. The Morgan fingerprint density at radius 3 is 2.38 bits per heavy atom. The van der Waals surface area contributed by atoms with Gasteiger partial charge in [0.15, 0.2) is 5.56 Å². The Kier molecular flexibility index (Phi) is 8.28. The van der Waals surface area contributed by atoms with E-state index < -0.39 is 34.5 Å². The first kappa shape index (κ1) is 31.5. The van der Waals surface area contributed by atoms with Crippen molar-refractivity contribution in [1.82, 2.24) is 9.13 Å². The minimum Gasteiger partial charge on any atom is -0.506 e. The van der Waals surface area contributed by atoms with Crippen molar-refractivity contribution in [3.05, 3.63) is 69.1 Å². The Bertz CT molecular complexity index is 1880. The summed E-state index contributed by atoms with van der Waals surface area (Å²) in [6, 6.07) is 10.6. The van der Waals surface area contributed by atoms with E-state index in [-0.39, 0.29) is 31.7 Å². The van der Waals surface area contributed by atoms with Crippen LogP contribution in [0.5, 0.6) is 17.2 Å². The van der Waals surface area contributed by atoms with Gasteiger partial charge in [0.05, 0.1) is 51.4 Å². The molecule has 45 heavy (non-hydrogen) atoms. The fourth-order valence-electron chi connectivity index (χ4n) is 5.74. The van der Waals surface area contributed by atoms with Crippen LogP contribution in [0.1, 0.15) is 48.0 Å². The summed E-state index contributed by atoms with van der Waals surface area (Å²) < 4.78 is 24.8. The van der Waals surface area contributed by atoms with Crippen LogP contribution in [0.3, 0.4) is 0 Å². The van der Waals surface area contributed by atoms with Crippen molar-refractivity contribution in [3.8, 4) is 28.5 Å². The van der Waals surface area contributed by atoms with E-state index in [4.69, 9.17) is 18.9 Å². The SMILES string of the molecule is COC(=O)c1c(O)c2c(n(Cc3ccc(OC)cc3OC)c1=O)-c1cc3cc(CO)n(C)c3cc1N(C(=O)OC(C)(C)C)CC2. The third kappa shape index (κ3) is 5.57. The second kappa shape index (κ2) is 11.8. The molecule has 238 valence electrons. The molecule has 0 unspecified atom stereocenters. The normalized spacial score (nSPS) is 12.8. The lowest BCUT2D eigenvalue weighted by atomic mass is 9.98. The zero-order chi connectivity index (χ0) is 32.8. The number of pyridine rings is 1. The molecule has 0 saturated carbocycles. The van der Waals surface area contributed by atoms with Crippen molar-refractivity contribution in [2.75, 3.05) is 32.8 Å². The van der Waals surface area contributed by atoms with Crippen molar-refractivity contribution in [1.29, 1.82) is 0 Å². The van der Waals surface area contributed by atoms with E-state index in [2.05, 4.69) is 0 Å². The first-order chi connectivity index (χ1) is 21.3. The van der Waals surface area contributed by atoms with E-state index in [9.17, 15) is 24.6 Å². The number of hydrogen-bond acceptors (Lipinski definition) is 9. The average Bonchev–Trinajstić information content (AvgIpc) is 3.21. The number of fused-ring (bicyclic) bond motifs is 4. The Morgan fingerprint density at radius 2 is 1.76 bits per heavy atom. The van der Waals surface area contributed by atoms with E-state index in [1.807, 2.05) is 23.7 Å². The standard InChI is InChI=1S/C33H37N3O9/c1-33(2,3)45-32(41)35-11-10-22-28(23-13-19-12-20(17-37)34(4)24(19)15-25(23)35)36(30(39)27(29(22)38)31(40)44-7)16-18-8-9-21(42-5)14-26(18)43-6/h8-9,12-15,37-38H,10-11,16-17H2,1-7H3. The molecule has 1 aliphatic rings. The van der Waals surface area contributed by atoms with E-state index in [0.29, 0.717) is 39.7 Å². The molecule has 1 amide bonds. The van der Waals surface area contributed by atoms with Crippen molar-refractivity contribution in [2.24, 2.45) is 7.05 Å². The molecule has 4 aromatic rings. The van der Waals surface area contributed by atoms with Gasteiger partial charge in [-0.2, -0.15) is 0 Å². The first-order valence-electron chi connectivity index (χ1n) is 14.3. The third-order valence-electron chi connectivity index (χ3n) is 7.92. The highest BCUT2D eigenvalue weighted by molar-refractivity contribution is 6.02. The number of aryl methyl sites for hydroxylation is 1. The number of aliphatic hydroxyl groups excluding tert-OH is 1. The Balaban J connectivity index is 1.88. The number of carbonyl (C=O) groups is 2. The van der Waals surface area contributed by atoms with Crippen LogP contribution >= 0.6 is 0 Å². The van der Waals surface area contributed by atoms with Gasteiger partial charge in [-0.3, -0.25) is 9.69 Å². The van der Waals surface area contributed by atoms with Crippen molar-refractivity contribution < 1.29 is 38.7 Å². The Hall–Kier alpha value is -4.97. The summed E-state index contributed by atoms with van der Waals surface area (Å²) in [6.45, 7) is 5.09. The predicted molar refractivity (Wildman–Crippen MR) is 167 cm³/mol. The summed E-state index contributed by atoms with van der Waals surface area (Å²) >= 11 is 0. The molecule has 0 atom stereocenters. The molecule has 3 heterocycles. The summed E-state index contributed by atoms with van der Waals surface area (Å²) in [5.74, 6) is -0.512. The lowest BCUT2D eigenvalue weighted by Crippen LogP contribution is -2.38. The monoisotopic (exact) mass is 619 g/mol. The fraction of sp³-hybridized carbons (Fsp3) is 0.364. The molecular formula is C33H37N3O9. The number of benzene rings is 2. The van der Waals surface area contributed by atoms with Crippen LogP contribution in [0.25, 0.3) is 22.2 Å². The van der Waals surface area contributed by atoms with Gasteiger partial charge in [-0.25, -0.2) is 9.59 Å². The van der Waals surface area contributed by atoms with E-state index >= 15 is 0 Å². The van der Waals surface area contributed by atoms with Gasteiger partial charge in [-0.1, -0.05) is 0 Å². The maximum atomic E-state index is 14.2. The average molecular weight is 620 g/mol. The van der Waals surface area contributed by atoms with E-state index in [1.165, 1.54) is 23.7 Å². The van der Waals surface area contributed by atoms with Crippen LogP contribution in [0.15, 0.2) is 41.2 Å². The number of aromatic nitrogens is 2. The molecular weight excluding hydrogens is 582 g/mol. The number of amides is 1. The quantitative estimate of drug-likeness (QED) is 0.301. The highest BCUT2D eigenvalue weighted by atomic mass is 16.6. The van der Waals surface area contributed by atoms with Gasteiger partial charge in [-0.15, -0.1) is 0 Å². The molecule has 2 N–H and O–H groups in total. The molecule has 5 rings (SSSR count). The molecule has 12 nitrogen and oxygen atoms in total. The van der Waals surface area contributed by atoms with Gasteiger partial charge in [0.1, 0.15) is 22.8 Å². The second-order valence-corrected chi connectivity index (χ2v) is 11.8. The Labute approximate surface area is 259 Å². The maximum absolute atomic E-state index is 14.2. The van der Waals surface area contributed by atoms with E-state index in [0.717, 1.165) is 18.0 Å². The Morgan fingerprint density at radius 1 is 1.02 bits per heavy atom. The molecule has 0 bridgehead atoms. The fourth-order valence-corrected chi connectivity index (χ4v) is 5.74. The first-order valence-corrected chi connectivity index (χ1v) is 14.3. The predicted octanol–water partition coefficient (Wildman–Crippen LogP) is 4.35. The van der Waals surface area contributed by atoms with Gasteiger partial charge in [0.2, 0.25) is 0 Å². The molecule has 1 aliphatic heterocycles. The molecule has 12 heteroatoms. The number of hydrogen-bond donors (Lipinski definition) is 2. The summed E-state index contributed by atoms with van der Waals surface area (Å²) in [4.78, 5) is 42.2. The number of aliphatic hydroxyl groups is 1. The lowest BCUT2D eigenvalue weighted by Gasteiger charge is -2.28. The molecule has 0 spiro atoms. The summed E-state index contributed by atoms with van der Waals surface area (Å²) in [6.07, 6.45) is -0.539. The van der Waals surface area contributed by atoms with Gasteiger partial charge in [0, 0.05) is 47.4 Å². The molecule has 0 aliphatic carbocycles. The van der Waals surface area contributed by atoms with Crippen LogP contribution in [0, 0.1) is 0 Å². The summed E-state index contributed by atoms with van der Waals surface area (Å²) in [5, 5.41) is 22.2. The number of nitrogens with zero attached hydrogens (tertiary/aromatic N) is 3. The van der Waals surface area contributed by atoms with Gasteiger partial charge in [-0.05, 0) is 57.5 Å². The number of rotatable bonds is 6. The zero-order valence-corrected chi connectivity index (χ0v) is 26.4. The minimum atomic E-state index is -0.990. The van der Waals surface area contributed by atoms with Crippen LogP contribution < -0.4 is 19.9 Å². The largest absolute Gasteiger partial charge is 0.506 e. The van der Waals surface area contributed by atoms with Crippen LogP contribution in [0.4, 0.5) is 10.5 Å². The third-order valence-corrected chi connectivity index (χ3v) is 7.92.